The van der Waals surface area contributed by atoms with Crippen LogP contribution in [0.4, 0.5) is 0 Å². The van der Waals surface area contributed by atoms with E-state index in [0.29, 0.717) is 5.75 Å². The van der Waals surface area contributed by atoms with Crippen LogP contribution in [-0.2, 0) is 16.0 Å². The lowest BCUT2D eigenvalue weighted by molar-refractivity contribution is -0.138. The van der Waals surface area contributed by atoms with E-state index in [9.17, 15) is 9.59 Å². The second-order valence-corrected chi connectivity index (χ2v) is 3.71. The third-order valence-electron chi connectivity index (χ3n) is 2.22. The molecular weight excluding hydrogens is 234 g/mol. The van der Waals surface area contributed by atoms with Gasteiger partial charge < -0.3 is 15.6 Å². The molecule has 0 fully saturated rings. The molecule has 96 valence electrons. The van der Waals surface area contributed by atoms with Gasteiger partial charge in [-0.1, -0.05) is 18.2 Å². The van der Waals surface area contributed by atoms with Gasteiger partial charge in [0.1, 0.15) is 11.8 Å². The molecule has 3 N–H and O–H groups in total. The fraction of sp³-hybridized carbons (Fsp3) is 0.231. The van der Waals surface area contributed by atoms with Crippen molar-refractivity contribution in [3.8, 4) is 5.75 Å². The first-order valence-corrected chi connectivity index (χ1v) is 5.44. The van der Waals surface area contributed by atoms with Gasteiger partial charge in [0.2, 0.25) is 0 Å². The van der Waals surface area contributed by atoms with Crippen molar-refractivity contribution in [2.45, 2.75) is 19.4 Å². The second-order valence-electron chi connectivity index (χ2n) is 3.71. The first kappa shape index (κ1) is 13.9. The lowest BCUT2D eigenvalue weighted by Gasteiger charge is -2.07. The number of ether oxygens (including phenoxy) is 1. The Hall–Kier alpha value is -2.14. The van der Waals surface area contributed by atoms with Crippen LogP contribution in [0.5, 0.6) is 5.75 Å². The number of allylic oxidation sites excluding steroid dienone is 1. The minimum Gasteiger partial charge on any atom is -0.480 e. The average molecular weight is 249 g/mol. The van der Waals surface area contributed by atoms with Crippen LogP contribution in [0, 0.1) is 0 Å². The van der Waals surface area contributed by atoms with Crippen LogP contribution in [0.25, 0.3) is 0 Å². The topological polar surface area (TPSA) is 89.6 Å². The molecule has 0 radical (unpaired) electrons. The Kier molecular flexibility index (Phi) is 5.07. The van der Waals surface area contributed by atoms with Crippen molar-refractivity contribution < 1.29 is 19.4 Å². The van der Waals surface area contributed by atoms with Gasteiger partial charge in [0.25, 0.3) is 0 Å². The minimum absolute atomic E-state index is 0.235. The number of hydrogen-bond donors (Lipinski definition) is 2. The smallest absolute Gasteiger partial charge is 0.335 e. The Morgan fingerprint density at radius 2 is 2.00 bits per heavy atom. The van der Waals surface area contributed by atoms with Crippen molar-refractivity contribution in [2.75, 3.05) is 0 Å². The molecule has 0 spiro atoms. The number of carboxylic acid groups (broad SMARTS) is 1. The first-order valence-electron chi connectivity index (χ1n) is 5.44. The summed E-state index contributed by atoms with van der Waals surface area (Å²) < 4.78 is 4.99. The predicted molar refractivity (Wildman–Crippen MR) is 66.2 cm³/mol. The maximum atomic E-state index is 11.2. The fourth-order valence-corrected chi connectivity index (χ4v) is 1.32. The number of carbonyl (C=O) groups is 2. The number of aliphatic carboxylic acids is 1. The van der Waals surface area contributed by atoms with Crippen molar-refractivity contribution in [3.05, 3.63) is 42.0 Å². The van der Waals surface area contributed by atoms with Crippen molar-refractivity contribution in [1.82, 2.24) is 0 Å². The largest absolute Gasteiger partial charge is 0.480 e. The zero-order valence-electron chi connectivity index (χ0n) is 10.00. The quantitative estimate of drug-likeness (QED) is 0.463. The molecule has 0 saturated heterocycles. The second kappa shape index (κ2) is 6.56. The maximum absolute atomic E-state index is 11.2. The van der Waals surface area contributed by atoms with Crippen molar-refractivity contribution in [1.29, 1.82) is 0 Å². The Bertz CT molecular complexity index is 451. The summed E-state index contributed by atoms with van der Waals surface area (Å²) in [6.07, 6.45) is 3.13. The number of hydrogen-bond acceptors (Lipinski definition) is 4. The molecule has 0 bridgehead atoms. The molecule has 0 unspecified atom stereocenters. The SMILES string of the molecule is CC=CC(=O)Oc1ccc(C[C@H](N)C(=O)O)cc1. The van der Waals surface area contributed by atoms with E-state index in [0.717, 1.165) is 5.56 Å². The molecule has 0 aliphatic rings. The molecule has 0 aromatic heterocycles. The Labute approximate surface area is 105 Å². The molecular formula is C13H15NO4. The lowest BCUT2D eigenvalue weighted by atomic mass is 10.1. The van der Waals surface area contributed by atoms with Gasteiger partial charge >= 0.3 is 11.9 Å². The Morgan fingerprint density at radius 1 is 1.39 bits per heavy atom. The van der Waals surface area contributed by atoms with E-state index >= 15 is 0 Å². The molecule has 1 rings (SSSR count). The lowest BCUT2D eigenvalue weighted by Crippen LogP contribution is -2.32. The Balaban J connectivity index is 2.63. The first-order chi connectivity index (χ1) is 8.52. The van der Waals surface area contributed by atoms with Crippen LogP contribution in [0.15, 0.2) is 36.4 Å². The van der Waals surface area contributed by atoms with E-state index in [4.69, 9.17) is 15.6 Å². The molecule has 18 heavy (non-hydrogen) atoms. The van der Waals surface area contributed by atoms with E-state index in [2.05, 4.69) is 0 Å². The van der Waals surface area contributed by atoms with Crippen molar-refractivity contribution >= 4 is 11.9 Å². The van der Waals surface area contributed by atoms with Crippen LogP contribution < -0.4 is 10.5 Å². The summed E-state index contributed by atoms with van der Waals surface area (Å²) in [5.41, 5.74) is 6.19. The zero-order valence-corrected chi connectivity index (χ0v) is 10.00. The molecule has 0 amide bonds. The molecule has 1 aromatic carbocycles. The summed E-state index contributed by atoms with van der Waals surface area (Å²) in [6, 6.07) is 5.64. The fourth-order valence-electron chi connectivity index (χ4n) is 1.32. The summed E-state index contributed by atoms with van der Waals surface area (Å²) >= 11 is 0. The van der Waals surface area contributed by atoms with E-state index in [1.807, 2.05) is 0 Å². The highest BCUT2D eigenvalue weighted by molar-refractivity contribution is 5.83. The number of carboxylic acids is 1. The van der Waals surface area contributed by atoms with Crippen LogP contribution in [0.2, 0.25) is 0 Å². The third-order valence-corrected chi connectivity index (χ3v) is 2.22. The van der Waals surface area contributed by atoms with Gasteiger partial charge in [-0.15, -0.1) is 0 Å². The highest BCUT2D eigenvalue weighted by Gasteiger charge is 2.11. The summed E-state index contributed by atoms with van der Waals surface area (Å²) in [5.74, 6) is -1.09. The average Bonchev–Trinajstić information content (AvgIpc) is 2.31. The molecule has 1 atom stereocenters. The summed E-state index contributed by atoms with van der Waals surface area (Å²) in [5, 5.41) is 8.67. The highest BCUT2D eigenvalue weighted by atomic mass is 16.5. The van der Waals surface area contributed by atoms with Gasteiger partial charge in [-0.05, 0) is 31.0 Å². The molecule has 1 aromatic rings. The van der Waals surface area contributed by atoms with Gasteiger partial charge in [-0.25, -0.2) is 4.79 Å². The molecule has 0 aliphatic heterocycles. The number of benzene rings is 1. The van der Waals surface area contributed by atoms with E-state index < -0.39 is 18.0 Å². The number of esters is 1. The van der Waals surface area contributed by atoms with E-state index in [1.54, 1.807) is 37.3 Å². The van der Waals surface area contributed by atoms with Crippen LogP contribution in [-0.4, -0.2) is 23.1 Å². The van der Waals surface area contributed by atoms with E-state index in [1.165, 1.54) is 6.08 Å². The number of rotatable bonds is 5. The number of carbonyl (C=O) groups excluding carboxylic acids is 1. The predicted octanol–water partition coefficient (Wildman–Crippen LogP) is 1.12. The number of nitrogens with two attached hydrogens (primary N) is 1. The normalized spacial score (nSPS) is 12.3. The molecule has 0 aliphatic carbocycles. The maximum Gasteiger partial charge on any atom is 0.335 e. The van der Waals surface area contributed by atoms with Crippen LogP contribution in [0.3, 0.4) is 0 Å². The van der Waals surface area contributed by atoms with Gasteiger partial charge in [0.15, 0.2) is 0 Å². The molecule has 0 heterocycles. The van der Waals surface area contributed by atoms with Crippen LogP contribution in [0.1, 0.15) is 12.5 Å². The highest BCUT2D eigenvalue weighted by Crippen LogP contribution is 2.13. The summed E-state index contributed by atoms with van der Waals surface area (Å²) in [7, 11) is 0. The van der Waals surface area contributed by atoms with Gasteiger partial charge in [-0.2, -0.15) is 0 Å². The van der Waals surface area contributed by atoms with Crippen molar-refractivity contribution in [3.63, 3.8) is 0 Å². The summed E-state index contributed by atoms with van der Waals surface area (Å²) in [4.78, 5) is 21.7. The zero-order chi connectivity index (χ0) is 13.5. The third kappa shape index (κ3) is 4.39. The van der Waals surface area contributed by atoms with Gasteiger partial charge in [-0.3, -0.25) is 4.79 Å². The monoisotopic (exact) mass is 249 g/mol. The summed E-state index contributed by atoms with van der Waals surface area (Å²) in [6.45, 7) is 1.72. The standard InChI is InChI=1S/C13H15NO4/c1-2-3-12(15)18-10-6-4-9(5-7-10)8-11(14)13(16)17/h2-7,11H,8,14H2,1H3,(H,16,17)/t11-/m0/s1. The Morgan fingerprint density at radius 3 is 2.50 bits per heavy atom. The molecule has 5 nitrogen and oxygen atoms in total. The van der Waals surface area contributed by atoms with Crippen molar-refractivity contribution in [2.24, 2.45) is 5.73 Å². The molecule has 5 heteroatoms. The molecule has 0 saturated carbocycles. The van der Waals surface area contributed by atoms with Gasteiger partial charge in [0, 0.05) is 6.08 Å². The van der Waals surface area contributed by atoms with Crippen LogP contribution >= 0.6 is 0 Å². The van der Waals surface area contributed by atoms with E-state index in [-0.39, 0.29) is 6.42 Å². The van der Waals surface area contributed by atoms with Gasteiger partial charge in [0.05, 0.1) is 0 Å². The minimum atomic E-state index is -1.04.